The average Bonchev–Trinajstić information content (AvgIpc) is 3.12. The standard InChI is InChI=1S/C26H21NO6S/c1-31-20-11-9-19(10-12-20)25(29)33-22-14-18(8-13-21(22)32-2)15-23-24(28)27(26(30)34-23)16-17-6-4-3-5-7-17/h3-15H,16H2,1-2H3/b23-15-. The summed E-state index contributed by atoms with van der Waals surface area (Å²) in [5.41, 5.74) is 1.79. The fraction of sp³-hybridized carbons (Fsp3) is 0.115. The van der Waals surface area contributed by atoms with Crippen LogP contribution in [0.15, 0.2) is 77.7 Å². The molecular weight excluding hydrogens is 454 g/mol. The number of methoxy groups -OCH3 is 2. The first-order valence-corrected chi connectivity index (χ1v) is 11.1. The van der Waals surface area contributed by atoms with Crippen molar-refractivity contribution in [2.75, 3.05) is 14.2 Å². The third-order valence-electron chi connectivity index (χ3n) is 5.07. The number of thioether (sulfide) groups is 1. The van der Waals surface area contributed by atoms with Crippen molar-refractivity contribution < 1.29 is 28.6 Å². The smallest absolute Gasteiger partial charge is 0.343 e. The molecule has 0 aliphatic carbocycles. The molecule has 0 aromatic heterocycles. The summed E-state index contributed by atoms with van der Waals surface area (Å²) in [5, 5.41) is -0.334. The number of carbonyl (C=O) groups is 3. The summed E-state index contributed by atoms with van der Waals surface area (Å²) in [6.45, 7) is 0.205. The number of imide groups is 1. The Balaban J connectivity index is 1.54. The van der Waals surface area contributed by atoms with Gasteiger partial charge in [-0.2, -0.15) is 0 Å². The van der Waals surface area contributed by atoms with Gasteiger partial charge in [0.2, 0.25) is 0 Å². The van der Waals surface area contributed by atoms with E-state index in [4.69, 9.17) is 14.2 Å². The van der Waals surface area contributed by atoms with E-state index in [-0.39, 0.29) is 23.4 Å². The maximum absolute atomic E-state index is 12.8. The number of amides is 2. The summed E-state index contributed by atoms with van der Waals surface area (Å²) >= 11 is 0.874. The van der Waals surface area contributed by atoms with Crippen LogP contribution in [0.5, 0.6) is 17.2 Å². The molecule has 0 spiro atoms. The topological polar surface area (TPSA) is 82.1 Å². The predicted molar refractivity (Wildman–Crippen MR) is 129 cm³/mol. The molecular formula is C26H21NO6S. The van der Waals surface area contributed by atoms with Gasteiger partial charge < -0.3 is 14.2 Å². The molecule has 8 heteroatoms. The van der Waals surface area contributed by atoms with Crippen molar-refractivity contribution in [3.05, 3.63) is 94.4 Å². The van der Waals surface area contributed by atoms with Crippen molar-refractivity contribution in [1.29, 1.82) is 0 Å². The first-order chi connectivity index (χ1) is 16.5. The van der Waals surface area contributed by atoms with Crippen molar-refractivity contribution in [2.24, 2.45) is 0 Å². The summed E-state index contributed by atoms with van der Waals surface area (Å²) in [6, 6.07) is 20.8. The van der Waals surface area contributed by atoms with E-state index in [1.165, 1.54) is 12.0 Å². The average molecular weight is 476 g/mol. The van der Waals surface area contributed by atoms with E-state index in [0.29, 0.717) is 27.5 Å². The van der Waals surface area contributed by atoms with Crippen LogP contribution in [-0.2, 0) is 11.3 Å². The van der Waals surface area contributed by atoms with E-state index < -0.39 is 5.97 Å². The molecule has 1 heterocycles. The Morgan fingerprint density at radius 3 is 2.32 bits per heavy atom. The van der Waals surface area contributed by atoms with E-state index in [0.717, 1.165) is 17.3 Å². The van der Waals surface area contributed by atoms with Gasteiger partial charge in [-0.3, -0.25) is 14.5 Å². The molecule has 7 nitrogen and oxygen atoms in total. The zero-order chi connectivity index (χ0) is 24.1. The molecule has 1 aliphatic heterocycles. The first-order valence-electron chi connectivity index (χ1n) is 10.3. The van der Waals surface area contributed by atoms with Crippen molar-refractivity contribution in [1.82, 2.24) is 4.90 Å². The summed E-state index contributed by atoms with van der Waals surface area (Å²) in [5.74, 6) is 0.238. The van der Waals surface area contributed by atoms with Gasteiger partial charge >= 0.3 is 5.97 Å². The number of nitrogens with zero attached hydrogens (tertiary/aromatic N) is 1. The molecule has 0 unspecified atom stereocenters. The van der Waals surface area contributed by atoms with Crippen molar-refractivity contribution in [3.8, 4) is 17.2 Å². The second kappa shape index (κ2) is 10.3. The number of carbonyl (C=O) groups excluding carboxylic acids is 3. The van der Waals surface area contributed by atoms with E-state index in [9.17, 15) is 14.4 Å². The van der Waals surface area contributed by atoms with E-state index in [2.05, 4.69) is 0 Å². The van der Waals surface area contributed by atoms with Gasteiger partial charge in [-0.25, -0.2) is 4.79 Å². The minimum absolute atomic E-state index is 0.195. The number of ether oxygens (including phenoxy) is 3. The van der Waals surface area contributed by atoms with Crippen LogP contribution in [-0.4, -0.2) is 36.2 Å². The Morgan fingerprint density at radius 2 is 1.65 bits per heavy atom. The lowest BCUT2D eigenvalue weighted by Gasteiger charge is -2.12. The Bertz CT molecular complexity index is 1250. The zero-order valence-electron chi connectivity index (χ0n) is 18.5. The fourth-order valence-electron chi connectivity index (χ4n) is 3.30. The summed E-state index contributed by atoms with van der Waals surface area (Å²) < 4.78 is 16.0. The predicted octanol–water partition coefficient (Wildman–Crippen LogP) is 5.16. The van der Waals surface area contributed by atoms with Crippen LogP contribution in [0.3, 0.4) is 0 Å². The van der Waals surface area contributed by atoms with Crippen LogP contribution < -0.4 is 14.2 Å². The minimum Gasteiger partial charge on any atom is -0.497 e. The Hall–Kier alpha value is -4.04. The minimum atomic E-state index is -0.568. The number of hydrogen-bond acceptors (Lipinski definition) is 7. The monoisotopic (exact) mass is 475 g/mol. The Labute approximate surface area is 200 Å². The van der Waals surface area contributed by atoms with Gasteiger partial charge in [-0.05, 0) is 65.4 Å². The SMILES string of the molecule is COc1ccc(C(=O)Oc2cc(/C=C3\SC(=O)N(Cc4ccccc4)C3=O)ccc2OC)cc1. The molecule has 0 saturated carbocycles. The largest absolute Gasteiger partial charge is 0.497 e. The van der Waals surface area contributed by atoms with Crippen molar-refractivity contribution in [3.63, 3.8) is 0 Å². The highest BCUT2D eigenvalue weighted by atomic mass is 32.2. The van der Waals surface area contributed by atoms with Gasteiger partial charge in [0.25, 0.3) is 11.1 Å². The van der Waals surface area contributed by atoms with Crippen LogP contribution in [0.2, 0.25) is 0 Å². The van der Waals surface area contributed by atoms with Crippen LogP contribution in [0, 0.1) is 0 Å². The lowest BCUT2D eigenvalue weighted by atomic mass is 10.1. The number of benzene rings is 3. The summed E-state index contributed by atoms with van der Waals surface area (Å²) in [7, 11) is 3.01. The molecule has 0 atom stereocenters. The zero-order valence-corrected chi connectivity index (χ0v) is 19.3. The second-order valence-electron chi connectivity index (χ2n) is 7.28. The number of hydrogen-bond donors (Lipinski definition) is 0. The lowest BCUT2D eigenvalue weighted by molar-refractivity contribution is -0.123. The van der Waals surface area contributed by atoms with Crippen LogP contribution in [0.4, 0.5) is 4.79 Å². The molecule has 3 aromatic carbocycles. The van der Waals surface area contributed by atoms with Gasteiger partial charge in [0.15, 0.2) is 11.5 Å². The molecule has 172 valence electrons. The fourth-order valence-corrected chi connectivity index (χ4v) is 4.14. The molecule has 34 heavy (non-hydrogen) atoms. The van der Waals surface area contributed by atoms with Crippen molar-refractivity contribution in [2.45, 2.75) is 6.54 Å². The van der Waals surface area contributed by atoms with Crippen LogP contribution >= 0.6 is 11.8 Å². The maximum Gasteiger partial charge on any atom is 0.343 e. The highest BCUT2D eigenvalue weighted by Crippen LogP contribution is 2.35. The molecule has 0 bridgehead atoms. The highest BCUT2D eigenvalue weighted by molar-refractivity contribution is 8.18. The van der Waals surface area contributed by atoms with Crippen molar-refractivity contribution >= 4 is 35.0 Å². The lowest BCUT2D eigenvalue weighted by Crippen LogP contribution is -2.27. The number of esters is 1. The van der Waals surface area contributed by atoms with Gasteiger partial charge in [0, 0.05) is 0 Å². The quantitative estimate of drug-likeness (QED) is 0.265. The third kappa shape index (κ3) is 5.13. The second-order valence-corrected chi connectivity index (χ2v) is 8.27. The molecule has 2 amide bonds. The third-order valence-corrected chi connectivity index (χ3v) is 5.98. The van der Waals surface area contributed by atoms with Gasteiger partial charge in [0.1, 0.15) is 5.75 Å². The van der Waals surface area contributed by atoms with Crippen LogP contribution in [0.25, 0.3) is 6.08 Å². The molecule has 4 rings (SSSR count). The Kier molecular flexibility index (Phi) is 6.98. The highest BCUT2D eigenvalue weighted by Gasteiger charge is 2.35. The molecule has 0 radical (unpaired) electrons. The van der Waals surface area contributed by atoms with E-state index in [1.807, 2.05) is 30.3 Å². The molecule has 1 saturated heterocycles. The molecule has 1 aliphatic rings. The molecule has 3 aromatic rings. The van der Waals surface area contributed by atoms with Gasteiger partial charge in [-0.15, -0.1) is 0 Å². The normalized spacial score (nSPS) is 14.4. The molecule has 1 fully saturated rings. The Morgan fingerprint density at radius 1 is 0.912 bits per heavy atom. The van der Waals surface area contributed by atoms with Gasteiger partial charge in [0.05, 0.1) is 31.2 Å². The molecule has 0 N–H and O–H groups in total. The summed E-state index contributed by atoms with van der Waals surface area (Å²) in [4.78, 5) is 39.4. The maximum atomic E-state index is 12.8. The van der Waals surface area contributed by atoms with E-state index >= 15 is 0 Å². The first kappa shape index (κ1) is 23.1. The summed E-state index contributed by atoms with van der Waals surface area (Å²) in [6.07, 6.45) is 1.60. The van der Waals surface area contributed by atoms with Gasteiger partial charge in [-0.1, -0.05) is 36.4 Å². The van der Waals surface area contributed by atoms with E-state index in [1.54, 1.807) is 55.7 Å². The number of rotatable bonds is 7. The van der Waals surface area contributed by atoms with Crippen LogP contribution in [0.1, 0.15) is 21.5 Å².